The molecule has 0 aromatic carbocycles. The Kier molecular flexibility index (Phi) is 4.34. The van der Waals surface area contributed by atoms with Crippen LogP contribution in [0.3, 0.4) is 0 Å². The molecule has 0 amide bonds. The van der Waals surface area contributed by atoms with Gasteiger partial charge in [-0.1, -0.05) is 13.0 Å². The maximum Gasteiger partial charge on any atom is 0.311 e. The molecule has 5 nitrogen and oxygen atoms in total. The lowest BCUT2D eigenvalue weighted by Crippen LogP contribution is -2.69. The Labute approximate surface area is 156 Å². The summed E-state index contributed by atoms with van der Waals surface area (Å²) >= 11 is 0. The van der Waals surface area contributed by atoms with Gasteiger partial charge in [0.25, 0.3) is 0 Å². The molecule has 5 heteroatoms. The first kappa shape index (κ1) is 19.4. The van der Waals surface area contributed by atoms with Gasteiger partial charge in [0, 0.05) is 12.3 Å². The van der Waals surface area contributed by atoms with E-state index < -0.39 is 16.6 Å². The van der Waals surface area contributed by atoms with E-state index in [4.69, 9.17) is 14.2 Å². The summed E-state index contributed by atoms with van der Waals surface area (Å²) in [6.07, 6.45) is 4.12. The minimum absolute atomic E-state index is 0.0209. The maximum absolute atomic E-state index is 12.5. The molecule has 0 bridgehead atoms. The van der Waals surface area contributed by atoms with Crippen molar-refractivity contribution in [3.8, 4) is 0 Å². The molecule has 2 heterocycles. The second-order valence-electron chi connectivity index (χ2n) is 9.63. The average Bonchev–Trinajstić information content (AvgIpc) is 2.51. The molecule has 3 aliphatic rings. The summed E-state index contributed by atoms with van der Waals surface area (Å²) in [5, 5.41) is 0. The van der Waals surface area contributed by atoms with Gasteiger partial charge in [-0.15, -0.1) is 6.58 Å². The molecule has 0 spiro atoms. The SMILES string of the molecule is C=C[C@@]1(C)C[C@H]2OC(=O)C[C@]3(C)[C@@H]2[C@@](C)(CC[C@H]3C(C)(C)C(=O)OC)O1. The first-order valence-electron chi connectivity index (χ1n) is 9.53. The summed E-state index contributed by atoms with van der Waals surface area (Å²) in [4.78, 5) is 25.1. The lowest BCUT2D eigenvalue weighted by molar-refractivity contribution is -0.295. The van der Waals surface area contributed by atoms with Crippen LogP contribution in [0.5, 0.6) is 0 Å². The molecule has 0 unspecified atom stereocenters. The van der Waals surface area contributed by atoms with Crippen LogP contribution in [-0.4, -0.2) is 36.4 Å². The Balaban J connectivity index is 2.08. The number of carbonyl (C=O) groups is 2. The number of esters is 2. The fourth-order valence-electron chi connectivity index (χ4n) is 6.43. The van der Waals surface area contributed by atoms with E-state index in [0.29, 0.717) is 12.8 Å². The predicted octanol–water partition coefficient (Wildman–Crippen LogP) is 3.66. The minimum Gasteiger partial charge on any atom is -0.469 e. The van der Waals surface area contributed by atoms with Crippen molar-refractivity contribution >= 4 is 11.9 Å². The van der Waals surface area contributed by atoms with Crippen molar-refractivity contribution < 1.29 is 23.8 Å². The summed E-state index contributed by atoms with van der Waals surface area (Å²) < 4.78 is 17.5. The zero-order valence-corrected chi connectivity index (χ0v) is 16.9. The van der Waals surface area contributed by atoms with Crippen LogP contribution in [0, 0.1) is 22.7 Å². The molecule has 3 rings (SSSR count). The van der Waals surface area contributed by atoms with Crippen molar-refractivity contribution in [1.29, 1.82) is 0 Å². The van der Waals surface area contributed by atoms with Gasteiger partial charge in [0.2, 0.25) is 0 Å². The lowest BCUT2D eigenvalue weighted by Gasteiger charge is -2.65. The third-order valence-electron chi connectivity index (χ3n) is 7.36. The van der Waals surface area contributed by atoms with Gasteiger partial charge in [-0.3, -0.25) is 9.59 Å². The highest BCUT2D eigenvalue weighted by molar-refractivity contribution is 5.77. The average molecular weight is 364 g/mol. The number of methoxy groups -OCH3 is 1. The fraction of sp³-hybridized carbons (Fsp3) is 0.810. The number of hydrogen-bond donors (Lipinski definition) is 0. The van der Waals surface area contributed by atoms with Crippen LogP contribution < -0.4 is 0 Å². The van der Waals surface area contributed by atoms with Crippen molar-refractivity contribution in [2.45, 2.75) is 77.6 Å². The topological polar surface area (TPSA) is 61.8 Å². The molecular weight excluding hydrogens is 332 g/mol. The molecular formula is C21H32O5. The molecule has 0 aromatic heterocycles. The van der Waals surface area contributed by atoms with E-state index in [1.807, 2.05) is 26.8 Å². The fourth-order valence-corrected chi connectivity index (χ4v) is 6.43. The standard InChI is InChI=1S/C21H32O5/c1-8-19(4)11-13-16-20(5,12-15(22)25-13)14(9-10-21(16,6)26-19)18(2,3)17(23)24-7/h8,13-14,16H,1,9-12H2,2-7H3/t13-,14+,16-,19+,20+,21-/m1/s1. The van der Waals surface area contributed by atoms with Crippen molar-refractivity contribution in [3.63, 3.8) is 0 Å². The Morgan fingerprint density at radius 1 is 1.35 bits per heavy atom. The smallest absolute Gasteiger partial charge is 0.311 e. The zero-order chi connectivity index (χ0) is 19.5. The molecule has 2 saturated heterocycles. The van der Waals surface area contributed by atoms with Crippen LogP contribution >= 0.6 is 0 Å². The van der Waals surface area contributed by atoms with Crippen LogP contribution in [0.4, 0.5) is 0 Å². The highest BCUT2D eigenvalue weighted by Crippen LogP contribution is 2.64. The molecule has 0 aromatic rings. The molecule has 6 atom stereocenters. The van der Waals surface area contributed by atoms with Crippen LogP contribution in [0.15, 0.2) is 12.7 Å². The van der Waals surface area contributed by atoms with Crippen molar-refractivity contribution in [3.05, 3.63) is 12.7 Å². The predicted molar refractivity (Wildman–Crippen MR) is 97.3 cm³/mol. The Morgan fingerprint density at radius 3 is 2.58 bits per heavy atom. The molecule has 146 valence electrons. The zero-order valence-electron chi connectivity index (χ0n) is 16.9. The quantitative estimate of drug-likeness (QED) is 0.565. The molecule has 0 radical (unpaired) electrons. The van der Waals surface area contributed by atoms with Gasteiger partial charge in [-0.25, -0.2) is 0 Å². The van der Waals surface area contributed by atoms with E-state index in [9.17, 15) is 9.59 Å². The minimum atomic E-state index is -0.674. The van der Waals surface area contributed by atoms with Gasteiger partial charge in [0.15, 0.2) is 0 Å². The first-order chi connectivity index (χ1) is 11.9. The summed E-state index contributed by atoms with van der Waals surface area (Å²) in [5.74, 6) is -0.344. The number of rotatable bonds is 3. The van der Waals surface area contributed by atoms with E-state index in [1.54, 1.807) is 0 Å². The van der Waals surface area contributed by atoms with Crippen LogP contribution in [0.25, 0.3) is 0 Å². The van der Waals surface area contributed by atoms with E-state index >= 15 is 0 Å². The van der Waals surface area contributed by atoms with E-state index in [2.05, 4.69) is 20.4 Å². The van der Waals surface area contributed by atoms with Gasteiger partial charge in [-0.2, -0.15) is 0 Å². The third kappa shape index (κ3) is 2.62. The molecule has 3 fully saturated rings. The van der Waals surface area contributed by atoms with Gasteiger partial charge < -0.3 is 14.2 Å². The summed E-state index contributed by atoms with van der Waals surface area (Å²) in [5.41, 5.74) is -1.98. The number of carbonyl (C=O) groups excluding carboxylic acids is 2. The first-order valence-corrected chi connectivity index (χ1v) is 9.53. The Morgan fingerprint density at radius 2 is 2.00 bits per heavy atom. The van der Waals surface area contributed by atoms with Crippen molar-refractivity contribution in [2.75, 3.05) is 7.11 Å². The molecule has 26 heavy (non-hydrogen) atoms. The molecule has 0 N–H and O–H groups in total. The lowest BCUT2D eigenvalue weighted by atomic mass is 9.46. The molecule has 1 saturated carbocycles. The summed E-state index contributed by atoms with van der Waals surface area (Å²) in [6.45, 7) is 14.1. The van der Waals surface area contributed by atoms with Crippen molar-refractivity contribution in [1.82, 2.24) is 0 Å². The monoisotopic (exact) mass is 364 g/mol. The van der Waals surface area contributed by atoms with Crippen LogP contribution in [0.1, 0.15) is 60.3 Å². The second-order valence-corrected chi connectivity index (χ2v) is 9.63. The van der Waals surface area contributed by atoms with Gasteiger partial charge in [0.05, 0.1) is 30.1 Å². The normalized spacial score (nSPS) is 45.3. The van der Waals surface area contributed by atoms with Crippen molar-refractivity contribution in [2.24, 2.45) is 22.7 Å². The molecule has 2 aliphatic heterocycles. The largest absolute Gasteiger partial charge is 0.469 e. The molecule has 1 aliphatic carbocycles. The van der Waals surface area contributed by atoms with Crippen LogP contribution in [-0.2, 0) is 23.8 Å². The maximum atomic E-state index is 12.5. The van der Waals surface area contributed by atoms with E-state index in [-0.39, 0.29) is 35.3 Å². The summed E-state index contributed by atoms with van der Waals surface area (Å²) in [6, 6.07) is 0. The Bertz CT molecular complexity index is 640. The van der Waals surface area contributed by atoms with Gasteiger partial charge in [0.1, 0.15) is 6.10 Å². The highest BCUT2D eigenvalue weighted by Gasteiger charge is 2.67. The number of ether oxygens (including phenoxy) is 3. The second kappa shape index (κ2) is 5.82. The van der Waals surface area contributed by atoms with Gasteiger partial charge >= 0.3 is 11.9 Å². The van der Waals surface area contributed by atoms with Gasteiger partial charge in [-0.05, 0) is 51.9 Å². The third-order valence-corrected chi connectivity index (χ3v) is 7.36. The van der Waals surface area contributed by atoms with E-state index in [0.717, 1.165) is 12.8 Å². The van der Waals surface area contributed by atoms with E-state index in [1.165, 1.54) is 7.11 Å². The van der Waals surface area contributed by atoms with Crippen LogP contribution in [0.2, 0.25) is 0 Å². The Hall–Kier alpha value is -1.36. The highest BCUT2D eigenvalue weighted by atomic mass is 16.6. The number of hydrogen-bond acceptors (Lipinski definition) is 5. The summed E-state index contributed by atoms with van der Waals surface area (Å²) in [7, 11) is 1.43.